The van der Waals surface area contributed by atoms with E-state index in [4.69, 9.17) is 23.7 Å². The van der Waals surface area contributed by atoms with Crippen molar-refractivity contribution in [2.45, 2.75) is 102 Å². The maximum atomic E-state index is 12.1. The number of aliphatic hydroxyl groups is 2. The van der Waals surface area contributed by atoms with Crippen LogP contribution in [0.1, 0.15) is 47.5 Å². The van der Waals surface area contributed by atoms with E-state index in [0.717, 1.165) is 0 Å². The summed E-state index contributed by atoms with van der Waals surface area (Å²) in [5.74, 6) is -0.197. The second-order valence-corrected chi connectivity index (χ2v) is 9.33. The Balaban J connectivity index is 2.10. The van der Waals surface area contributed by atoms with E-state index < -0.39 is 48.6 Å². The van der Waals surface area contributed by atoms with E-state index in [1.807, 2.05) is 39.8 Å². The van der Waals surface area contributed by atoms with Crippen molar-refractivity contribution in [3.05, 3.63) is 0 Å². The van der Waals surface area contributed by atoms with Gasteiger partial charge in [-0.1, -0.05) is 13.8 Å². The summed E-state index contributed by atoms with van der Waals surface area (Å²) in [5.41, 5.74) is -1.32. The number of ether oxygens (including phenoxy) is 5. The highest BCUT2D eigenvalue weighted by Crippen LogP contribution is 2.35. The lowest BCUT2D eigenvalue weighted by atomic mass is 9.88. The van der Waals surface area contributed by atoms with Gasteiger partial charge in [0.15, 0.2) is 18.7 Å². The molecule has 9 nitrogen and oxygen atoms in total. The molecule has 2 saturated heterocycles. The first kappa shape index (κ1) is 25.5. The predicted molar refractivity (Wildman–Crippen MR) is 109 cm³/mol. The van der Waals surface area contributed by atoms with Crippen molar-refractivity contribution in [3.8, 4) is 0 Å². The molecule has 0 aromatic heterocycles. The molecule has 2 fully saturated rings. The maximum Gasteiger partial charge on any atom is 0.306 e. The molecule has 9 heteroatoms. The van der Waals surface area contributed by atoms with Gasteiger partial charge in [0.1, 0.15) is 17.8 Å². The van der Waals surface area contributed by atoms with Gasteiger partial charge in [-0.25, -0.2) is 0 Å². The SMILES string of the molecule is COC1OC(C)C(OC2CC(C)(O)C(OC(=O)CC(C)C)C(C)O2)C(N(C)C)C1O. The molecule has 0 aliphatic carbocycles. The zero-order chi connectivity index (χ0) is 22.8. The van der Waals surface area contributed by atoms with Crippen LogP contribution in [0.2, 0.25) is 0 Å². The van der Waals surface area contributed by atoms with Gasteiger partial charge in [0, 0.05) is 20.0 Å². The highest BCUT2D eigenvalue weighted by Gasteiger charge is 2.51. The molecule has 0 bridgehead atoms. The zero-order valence-corrected chi connectivity index (χ0v) is 19.4. The molecule has 9 atom stereocenters. The quantitative estimate of drug-likeness (QED) is 0.566. The van der Waals surface area contributed by atoms with E-state index >= 15 is 0 Å². The van der Waals surface area contributed by atoms with Crippen LogP contribution in [0.5, 0.6) is 0 Å². The molecular weight excluding hydrogens is 394 g/mol. The second kappa shape index (κ2) is 10.2. The molecular formula is C21H39NO8. The third-order valence-corrected chi connectivity index (χ3v) is 5.73. The average Bonchev–Trinajstić information content (AvgIpc) is 2.59. The minimum atomic E-state index is -1.32. The standard InChI is InChI=1S/C21H39NO8/c1-11(2)9-14(23)29-19-13(4)27-15(10-21(19,5)25)30-18-12(3)28-20(26-8)17(24)16(18)22(6)7/h11-13,15-20,24-25H,9-10H2,1-8H3. The summed E-state index contributed by atoms with van der Waals surface area (Å²) in [6.07, 6.45) is -4.29. The molecule has 2 N–H and O–H groups in total. The lowest BCUT2D eigenvalue weighted by Crippen LogP contribution is -2.64. The molecule has 9 unspecified atom stereocenters. The minimum absolute atomic E-state index is 0.115. The van der Waals surface area contributed by atoms with Crippen LogP contribution in [-0.2, 0) is 28.5 Å². The molecule has 0 aromatic carbocycles. The molecule has 0 saturated carbocycles. The zero-order valence-electron chi connectivity index (χ0n) is 19.4. The lowest BCUT2D eigenvalue weighted by Gasteiger charge is -2.49. The second-order valence-electron chi connectivity index (χ2n) is 9.33. The fourth-order valence-electron chi connectivity index (χ4n) is 4.31. The Morgan fingerprint density at radius 2 is 1.87 bits per heavy atom. The number of carbonyl (C=O) groups excluding carboxylic acids is 1. The number of methoxy groups -OCH3 is 1. The number of likely N-dealkylation sites (N-methyl/N-ethyl adjacent to an activating group) is 1. The van der Waals surface area contributed by atoms with Gasteiger partial charge in [-0.05, 0) is 40.8 Å². The first-order valence-electron chi connectivity index (χ1n) is 10.6. The summed E-state index contributed by atoms with van der Waals surface area (Å²) in [6, 6.07) is -0.399. The van der Waals surface area contributed by atoms with Gasteiger partial charge in [0.2, 0.25) is 0 Å². The highest BCUT2D eigenvalue weighted by molar-refractivity contribution is 5.70. The van der Waals surface area contributed by atoms with Crippen LogP contribution in [0.3, 0.4) is 0 Å². The van der Waals surface area contributed by atoms with Crippen molar-refractivity contribution in [2.75, 3.05) is 21.2 Å². The maximum absolute atomic E-state index is 12.1. The van der Waals surface area contributed by atoms with Gasteiger partial charge < -0.3 is 38.8 Å². The van der Waals surface area contributed by atoms with Crippen LogP contribution in [0.15, 0.2) is 0 Å². The van der Waals surface area contributed by atoms with Crippen molar-refractivity contribution in [1.82, 2.24) is 4.90 Å². The number of nitrogens with zero attached hydrogens (tertiary/aromatic N) is 1. The molecule has 2 rings (SSSR count). The van der Waals surface area contributed by atoms with Crippen molar-refractivity contribution in [3.63, 3.8) is 0 Å². The predicted octanol–water partition coefficient (Wildman–Crippen LogP) is 0.898. The van der Waals surface area contributed by atoms with Gasteiger partial charge >= 0.3 is 5.97 Å². The Kier molecular flexibility index (Phi) is 8.66. The number of esters is 1. The minimum Gasteiger partial charge on any atom is -0.457 e. The summed E-state index contributed by atoms with van der Waals surface area (Å²) >= 11 is 0. The Morgan fingerprint density at radius 1 is 1.23 bits per heavy atom. The fourth-order valence-corrected chi connectivity index (χ4v) is 4.31. The van der Waals surface area contributed by atoms with E-state index in [2.05, 4.69) is 0 Å². The van der Waals surface area contributed by atoms with Gasteiger partial charge in [0.25, 0.3) is 0 Å². The Morgan fingerprint density at radius 3 is 2.37 bits per heavy atom. The van der Waals surface area contributed by atoms with E-state index in [1.165, 1.54) is 7.11 Å². The van der Waals surface area contributed by atoms with Crippen molar-refractivity contribution >= 4 is 5.97 Å². The van der Waals surface area contributed by atoms with Crippen LogP contribution in [-0.4, -0.2) is 97.0 Å². The van der Waals surface area contributed by atoms with Gasteiger partial charge in [-0.3, -0.25) is 4.79 Å². The lowest BCUT2D eigenvalue weighted by molar-refractivity contribution is -0.330. The first-order valence-corrected chi connectivity index (χ1v) is 10.6. The normalized spacial score (nSPS) is 42.5. The Hall–Kier alpha value is -0.810. The summed E-state index contributed by atoms with van der Waals surface area (Å²) < 4.78 is 28.7. The number of hydrogen-bond donors (Lipinski definition) is 2. The highest BCUT2D eigenvalue weighted by atomic mass is 16.7. The van der Waals surface area contributed by atoms with Crippen LogP contribution in [0.4, 0.5) is 0 Å². The smallest absolute Gasteiger partial charge is 0.306 e. The Bertz CT molecular complexity index is 569. The molecule has 0 aromatic rings. The van der Waals surface area contributed by atoms with Crippen LogP contribution in [0, 0.1) is 5.92 Å². The summed E-state index contributed by atoms with van der Waals surface area (Å²) in [5, 5.41) is 21.7. The fraction of sp³-hybridized carbons (Fsp3) is 0.952. The van der Waals surface area contributed by atoms with Crippen LogP contribution in [0.25, 0.3) is 0 Å². The number of aliphatic hydroxyl groups excluding tert-OH is 1. The number of rotatable bonds is 7. The molecule has 176 valence electrons. The first-order chi connectivity index (χ1) is 13.9. The largest absolute Gasteiger partial charge is 0.457 e. The van der Waals surface area contributed by atoms with Crippen molar-refractivity contribution in [1.29, 1.82) is 0 Å². The van der Waals surface area contributed by atoms with Crippen molar-refractivity contribution in [2.24, 2.45) is 5.92 Å². The number of hydrogen-bond acceptors (Lipinski definition) is 9. The molecule has 30 heavy (non-hydrogen) atoms. The van der Waals surface area contributed by atoms with Crippen LogP contribution >= 0.6 is 0 Å². The van der Waals surface area contributed by atoms with E-state index in [1.54, 1.807) is 13.8 Å². The van der Waals surface area contributed by atoms with Crippen LogP contribution < -0.4 is 0 Å². The van der Waals surface area contributed by atoms with Gasteiger partial charge in [-0.2, -0.15) is 0 Å². The summed E-state index contributed by atoms with van der Waals surface area (Å²) in [4.78, 5) is 14.0. The Labute approximate surface area is 179 Å². The number of carbonyl (C=O) groups is 1. The monoisotopic (exact) mass is 433 g/mol. The molecule has 0 amide bonds. The summed E-state index contributed by atoms with van der Waals surface area (Å²) in [6.45, 7) is 9.08. The molecule has 2 aliphatic heterocycles. The topological polar surface area (TPSA) is 107 Å². The van der Waals surface area contributed by atoms with Gasteiger partial charge in [0.05, 0.1) is 18.2 Å². The third kappa shape index (κ3) is 5.91. The third-order valence-electron chi connectivity index (χ3n) is 5.73. The summed E-state index contributed by atoms with van der Waals surface area (Å²) in [7, 11) is 5.18. The van der Waals surface area contributed by atoms with E-state index in [9.17, 15) is 15.0 Å². The van der Waals surface area contributed by atoms with E-state index in [-0.39, 0.29) is 30.8 Å². The van der Waals surface area contributed by atoms with Crippen molar-refractivity contribution < 1.29 is 38.7 Å². The molecule has 0 radical (unpaired) electrons. The van der Waals surface area contributed by atoms with E-state index in [0.29, 0.717) is 0 Å². The molecule has 0 spiro atoms. The molecule has 2 aliphatic rings. The average molecular weight is 434 g/mol. The molecule has 2 heterocycles. The van der Waals surface area contributed by atoms with Gasteiger partial charge in [-0.15, -0.1) is 0 Å².